The SMILES string of the molecule is CCCCCCCCc1cnc(-c2ccc(-c3ccc(OCCCCC)cc3)cc2)nc1. The molecule has 0 aliphatic carbocycles. The molecular weight excluding hydrogens is 392 g/mol. The molecule has 0 saturated carbocycles. The second-order valence-electron chi connectivity index (χ2n) is 8.59. The van der Waals surface area contributed by atoms with E-state index >= 15 is 0 Å². The lowest BCUT2D eigenvalue weighted by atomic mass is 10.0. The van der Waals surface area contributed by atoms with Crippen LogP contribution in [0.3, 0.4) is 0 Å². The van der Waals surface area contributed by atoms with E-state index in [-0.39, 0.29) is 0 Å². The summed E-state index contributed by atoms with van der Waals surface area (Å²) in [6.07, 6.45) is 16.5. The van der Waals surface area contributed by atoms with Crippen LogP contribution in [0.15, 0.2) is 60.9 Å². The highest BCUT2D eigenvalue weighted by molar-refractivity contribution is 5.68. The van der Waals surface area contributed by atoms with E-state index in [4.69, 9.17) is 4.74 Å². The van der Waals surface area contributed by atoms with Crippen LogP contribution in [0.25, 0.3) is 22.5 Å². The van der Waals surface area contributed by atoms with E-state index in [1.54, 1.807) is 0 Å². The van der Waals surface area contributed by atoms with Gasteiger partial charge in [0.15, 0.2) is 5.82 Å². The van der Waals surface area contributed by atoms with E-state index in [1.165, 1.54) is 68.1 Å². The normalized spacial score (nSPS) is 10.9. The van der Waals surface area contributed by atoms with Crippen LogP contribution in [0.2, 0.25) is 0 Å². The number of hydrogen-bond donors (Lipinski definition) is 0. The first-order valence-corrected chi connectivity index (χ1v) is 12.4. The number of aromatic nitrogens is 2. The average Bonchev–Trinajstić information content (AvgIpc) is 2.85. The Kier molecular flexibility index (Phi) is 10.2. The minimum atomic E-state index is 0.791. The molecule has 3 heteroatoms. The summed E-state index contributed by atoms with van der Waals surface area (Å²) >= 11 is 0. The van der Waals surface area contributed by atoms with E-state index < -0.39 is 0 Å². The minimum absolute atomic E-state index is 0.791. The summed E-state index contributed by atoms with van der Waals surface area (Å²) in [5, 5.41) is 0. The van der Waals surface area contributed by atoms with Crippen LogP contribution in [0.1, 0.15) is 77.2 Å². The largest absolute Gasteiger partial charge is 0.494 e. The van der Waals surface area contributed by atoms with E-state index in [2.05, 4.69) is 72.3 Å². The third kappa shape index (κ3) is 7.78. The predicted molar refractivity (Wildman–Crippen MR) is 135 cm³/mol. The summed E-state index contributed by atoms with van der Waals surface area (Å²) in [5.74, 6) is 1.73. The number of hydrogen-bond acceptors (Lipinski definition) is 3. The Morgan fingerprint density at radius 3 is 1.78 bits per heavy atom. The van der Waals surface area contributed by atoms with Crippen molar-refractivity contribution in [3.63, 3.8) is 0 Å². The third-order valence-corrected chi connectivity index (χ3v) is 5.87. The number of aryl methyl sites for hydroxylation is 1. The second kappa shape index (κ2) is 13.7. The summed E-state index contributed by atoms with van der Waals surface area (Å²) in [5.41, 5.74) is 4.66. The maximum atomic E-state index is 5.82. The van der Waals surface area contributed by atoms with Crippen LogP contribution in [-0.2, 0) is 6.42 Å². The maximum absolute atomic E-state index is 5.82. The van der Waals surface area contributed by atoms with Crippen LogP contribution in [0, 0.1) is 0 Å². The highest BCUT2D eigenvalue weighted by atomic mass is 16.5. The second-order valence-corrected chi connectivity index (χ2v) is 8.59. The molecule has 3 nitrogen and oxygen atoms in total. The first-order chi connectivity index (χ1) is 15.8. The maximum Gasteiger partial charge on any atom is 0.159 e. The van der Waals surface area contributed by atoms with Gasteiger partial charge in [-0.25, -0.2) is 9.97 Å². The molecule has 1 heterocycles. The van der Waals surface area contributed by atoms with E-state index in [0.29, 0.717) is 0 Å². The summed E-state index contributed by atoms with van der Waals surface area (Å²) in [6.45, 7) is 5.26. The standard InChI is InChI=1S/C29H38N2O/c1-3-5-7-8-9-10-12-24-22-30-29(31-23-24)27-15-13-25(14-16-27)26-17-19-28(20-18-26)32-21-11-6-4-2/h13-20,22-23H,3-12,21H2,1-2H3. The Labute approximate surface area is 194 Å². The first-order valence-electron chi connectivity index (χ1n) is 12.4. The first kappa shape index (κ1) is 24.0. The van der Waals surface area contributed by atoms with Crippen molar-refractivity contribution in [2.45, 2.75) is 78.1 Å². The third-order valence-electron chi connectivity index (χ3n) is 5.87. The number of nitrogens with zero attached hydrogens (tertiary/aromatic N) is 2. The molecule has 0 N–H and O–H groups in total. The van der Waals surface area contributed by atoms with Crippen molar-refractivity contribution in [1.29, 1.82) is 0 Å². The van der Waals surface area contributed by atoms with Crippen LogP contribution in [0.5, 0.6) is 5.75 Å². The van der Waals surface area contributed by atoms with Crippen molar-refractivity contribution in [2.75, 3.05) is 6.61 Å². The smallest absolute Gasteiger partial charge is 0.159 e. The van der Waals surface area contributed by atoms with Crippen molar-refractivity contribution >= 4 is 0 Å². The van der Waals surface area contributed by atoms with E-state index in [1.807, 2.05) is 12.4 Å². The molecule has 0 bridgehead atoms. The molecule has 0 atom stereocenters. The number of rotatable bonds is 14. The van der Waals surface area contributed by atoms with Crippen LogP contribution < -0.4 is 4.74 Å². The Balaban J connectivity index is 1.50. The molecule has 0 aliphatic rings. The zero-order valence-electron chi connectivity index (χ0n) is 19.9. The lowest BCUT2D eigenvalue weighted by molar-refractivity contribution is 0.306. The van der Waals surface area contributed by atoms with Crippen LogP contribution in [0.4, 0.5) is 0 Å². The van der Waals surface area contributed by atoms with Gasteiger partial charge in [0, 0.05) is 18.0 Å². The quantitative estimate of drug-likeness (QED) is 0.241. The zero-order valence-corrected chi connectivity index (χ0v) is 19.9. The summed E-state index contributed by atoms with van der Waals surface area (Å²) in [4.78, 5) is 9.21. The fourth-order valence-electron chi connectivity index (χ4n) is 3.84. The van der Waals surface area contributed by atoms with Crippen LogP contribution >= 0.6 is 0 Å². The molecule has 0 amide bonds. The lowest BCUT2D eigenvalue weighted by Gasteiger charge is -2.08. The number of benzene rings is 2. The summed E-state index contributed by atoms with van der Waals surface area (Å²) in [7, 11) is 0. The van der Waals surface area contributed by atoms with Gasteiger partial charge in [0.1, 0.15) is 5.75 Å². The van der Waals surface area contributed by atoms with Gasteiger partial charge in [0.25, 0.3) is 0 Å². The monoisotopic (exact) mass is 430 g/mol. The fourth-order valence-corrected chi connectivity index (χ4v) is 3.84. The minimum Gasteiger partial charge on any atom is -0.494 e. The van der Waals surface area contributed by atoms with Gasteiger partial charge in [-0.05, 0) is 48.1 Å². The van der Waals surface area contributed by atoms with Gasteiger partial charge in [0.05, 0.1) is 6.61 Å². The van der Waals surface area contributed by atoms with Crippen molar-refractivity contribution in [3.05, 3.63) is 66.5 Å². The molecule has 0 fully saturated rings. The molecular formula is C29H38N2O. The van der Waals surface area contributed by atoms with Crippen molar-refractivity contribution in [3.8, 4) is 28.3 Å². The zero-order chi connectivity index (χ0) is 22.4. The molecule has 0 spiro atoms. The topological polar surface area (TPSA) is 35.0 Å². The highest BCUT2D eigenvalue weighted by Crippen LogP contribution is 2.25. The molecule has 0 saturated heterocycles. The van der Waals surface area contributed by atoms with Gasteiger partial charge in [0.2, 0.25) is 0 Å². The van der Waals surface area contributed by atoms with Crippen molar-refractivity contribution in [2.24, 2.45) is 0 Å². The summed E-state index contributed by atoms with van der Waals surface area (Å²) < 4.78 is 5.82. The van der Waals surface area contributed by atoms with Gasteiger partial charge in [-0.3, -0.25) is 0 Å². The van der Waals surface area contributed by atoms with E-state index in [0.717, 1.165) is 36.6 Å². The molecule has 0 aliphatic heterocycles. The average molecular weight is 431 g/mol. The Morgan fingerprint density at radius 2 is 1.12 bits per heavy atom. The Morgan fingerprint density at radius 1 is 0.594 bits per heavy atom. The molecule has 1 aromatic heterocycles. The van der Waals surface area contributed by atoms with E-state index in [9.17, 15) is 0 Å². The fraction of sp³-hybridized carbons (Fsp3) is 0.448. The van der Waals surface area contributed by atoms with Crippen molar-refractivity contribution < 1.29 is 4.74 Å². The molecule has 0 radical (unpaired) electrons. The molecule has 0 unspecified atom stereocenters. The van der Waals surface area contributed by atoms with Crippen LogP contribution in [-0.4, -0.2) is 16.6 Å². The van der Waals surface area contributed by atoms with Gasteiger partial charge >= 0.3 is 0 Å². The molecule has 3 rings (SSSR count). The van der Waals surface area contributed by atoms with Gasteiger partial charge in [-0.2, -0.15) is 0 Å². The van der Waals surface area contributed by atoms with Gasteiger partial charge in [-0.1, -0.05) is 95.2 Å². The Hall–Kier alpha value is -2.68. The molecule has 3 aromatic rings. The van der Waals surface area contributed by atoms with Gasteiger partial charge < -0.3 is 4.74 Å². The molecule has 170 valence electrons. The van der Waals surface area contributed by atoms with Gasteiger partial charge in [-0.15, -0.1) is 0 Å². The number of unbranched alkanes of at least 4 members (excludes halogenated alkanes) is 7. The van der Waals surface area contributed by atoms with Crippen molar-refractivity contribution in [1.82, 2.24) is 9.97 Å². The predicted octanol–water partition coefficient (Wildman–Crippen LogP) is 8.28. The summed E-state index contributed by atoms with van der Waals surface area (Å²) in [6, 6.07) is 16.8. The lowest BCUT2D eigenvalue weighted by Crippen LogP contribution is -1.96. The molecule has 2 aromatic carbocycles. The molecule has 32 heavy (non-hydrogen) atoms. The number of ether oxygens (including phenoxy) is 1. The highest BCUT2D eigenvalue weighted by Gasteiger charge is 2.04. The Bertz CT molecular complexity index is 886.